The number of hydrogen-bond donors (Lipinski definition) is 2. The number of nitrogens with zero attached hydrogens (tertiary/aromatic N) is 1. The molecule has 4 aromatic rings. The van der Waals surface area contributed by atoms with Gasteiger partial charge in [0.2, 0.25) is 0 Å². The van der Waals surface area contributed by atoms with Crippen LogP contribution in [0.15, 0.2) is 72.8 Å². The summed E-state index contributed by atoms with van der Waals surface area (Å²) in [7, 11) is 0. The molecule has 35 heavy (non-hydrogen) atoms. The van der Waals surface area contributed by atoms with Gasteiger partial charge in [0.1, 0.15) is 12.4 Å². The van der Waals surface area contributed by atoms with Crippen LogP contribution in [0.2, 0.25) is 0 Å². The Morgan fingerprint density at radius 2 is 1.80 bits per heavy atom. The number of benzene rings is 3. The number of aromatic nitrogens is 1. The SMILES string of the molecule is O=C1Nc2cc(-c3ccccc3)ccc2/C1=C/c1cc2cc(OCCN3CCOCC3)ccc2[nH]1. The van der Waals surface area contributed by atoms with Crippen molar-refractivity contribution in [1.82, 2.24) is 9.88 Å². The van der Waals surface area contributed by atoms with Gasteiger partial charge < -0.3 is 19.8 Å². The predicted molar refractivity (Wildman–Crippen MR) is 139 cm³/mol. The molecule has 1 fully saturated rings. The minimum atomic E-state index is -0.0870. The monoisotopic (exact) mass is 465 g/mol. The van der Waals surface area contributed by atoms with Crippen LogP contribution in [-0.4, -0.2) is 55.2 Å². The smallest absolute Gasteiger partial charge is 0.256 e. The summed E-state index contributed by atoms with van der Waals surface area (Å²) in [5, 5.41) is 4.07. The van der Waals surface area contributed by atoms with Crippen LogP contribution in [0.5, 0.6) is 5.75 Å². The lowest BCUT2D eigenvalue weighted by molar-refractivity contribution is -0.110. The lowest BCUT2D eigenvalue weighted by Gasteiger charge is -2.26. The van der Waals surface area contributed by atoms with Crippen molar-refractivity contribution in [3.05, 3.63) is 84.1 Å². The summed E-state index contributed by atoms with van der Waals surface area (Å²) in [6.45, 7) is 5.06. The minimum absolute atomic E-state index is 0.0870. The standard InChI is InChI=1S/C29H27N3O3/c33-29-26(25-8-6-21(18-28(25)31-29)20-4-2-1-3-5-20)19-23-16-22-17-24(7-9-27(22)30-23)35-15-12-32-10-13-34-14-11-32/h1-9,16-19,30H,10-15H2,(H,31,33)/b26-19-. The number of anilines is 1. The van der Waals surface area contributed by atoms with Gasteiger partial charge in [-0.3, -0.25) is 9.69 Å². The summed E-state index contributed by atoms with van der Waals surface area (Å²) in [4.78, 5) is 18.5. The fourth-order valence-electron chi connectivity index (χ4n) is 4.72. The van der Waals surface area contributed by atoms with Crippen LogP contribution in [0.1, 0.15) is 11.3 Å². The highest BCUT2D eigenvalue weighted by Crippen LogP contribution is 2.36. The largest absolute Gasteiger partial charge is 0.492 e. The Labute approximate surface area is 204 Å². The molecule has 1 saturated heterocycles. The van der Waals surface area contributed by atoms with E-state index in [1.165, 1.54) is 0 Å². The van der Waals surface area contributed by atoms with E-state index in [2.05, 4.69) is 39.5 Å². The molecular weight excluding hydrogens is 438 g/mol. The third-order valence-corrected chi connectivity index (χ3v) is 6.60. The lowest BCUT2D eigenvalue weighted by atomic mass is 10.00. The Kier molecular flexibility index (Phi) is 5.82. The average Bonchev–Trinajstić information content (AvgIpc) is 3.44. The number of carbonyl (C=O) groups is 1. The van der Waals surface area contributed by atoms with Crippen molar-refractivity contribution in [3.63, 3.8) is 0 Å². The Balaban J connectivity index is 1.20. The van der Waals surface area contributed by atoms with Crippen LogP contribution in [0.25, 0.3) is 33.7 Å². The first-order chi connectivity index (χ1) is 17.2. The van der Waals surface area contributed by atoms with Crippen LogP contribution in [-0.2, 0) is 9.53 Å². The Hall–Kier alpha value is -3.87. The average molecular weight is 466 g/mol. The second-order valence-corrected chi connectivity index (χ2v) is 8.91. The fourth-order valence-corrected chi connectivity index (χ4v) is 4.72. The highest BCUT2D eigenvalue weighted by molar-refractivity contribution is 6.35. The second kappa shape index (κ2) is 9.41. The molecular formula is C29H27N3O3. The second-order valence-electron chi connectivity index (χ2n) is 8.91. The maximum Gasteiger partial charge on any atom is 0.256 e. The molecule has 0 saturated carbocycles. The maximum atomic E-state index is 12.8. The molecule has 176 valence electrons. The van der Waals surface area contributed by atoms with Crippen molar-refractivity contribution in [2.24, 2.45) is 0 Å². The number of rotatable bonds is 6. The summed E-state index contributed by atoms with van der Waals surface area (Å²) < 4.78 is 11.4. The molecule has 2 N–H and O–H groups in total. The molecule has 1 amide bonds. The number of carbonyl (C=O) groups excluding carboxylic acids is 1. The topological polar surface area (TPSA) is 66.6 Å². The summed E-state index contributed by atoms with van der Waals surface area (Å²) in [5.74, 6) is 0.761. The molecule has 0 aliphatic carbocycles. The van der Waals surface area contributed by atoms with Crippen molar-refractivity contribution in [2.45, 2.75) is 0 Å². The molecule has 6 nitrogen and oxygen atoms in total. The number of hydrogen-bond acceptors (Lipinski definition) is 4. The molecule has 0 bridgehead atoms. The van der Waals surface area contributed by atoms with Crippen LogP contribution in [0, 0.1) is 0 Å². The van der Waals surface area contributed by atoms with E-state index in [-0.39, 0.29) is 5.91 Å². The normalized spacial score (nSPS) is 17.0. The Bertz CT molecular complexity index is 1400. The molecule has 2 aliphatic rings. The zero-order chi connectivity index (χ0) is 23.6. The molecule has 0 spiro atoms. The molecule has 0 unspecified atom stereocenters. The van der Waals surface area contributed by atoms with E-state index in [0.717, 1.165) is 77.6 Å². The molecule has 6 heteroatoms. The van der Waals surface area contributed by atoms with Gasteiger partial charge in [-0.1, -0.05) is 42.5 Å². The first kappa shape index (κ1) is 21.6. The molecule has 2 aliphatic heterocycles. The van der Waals surface area contributed by atoms with Gasteiger partial charge in [0.25, 0.3) is 5.91 Å². The fraction of sp³-hybridized carbons (Fsp3) is 0.207. The van der Waals surface area contributed by atoms with Gasteiger partial charge in [-0.25, -0.2) is 0 Å². The molecule has 1 aromatic heterocycles. The zero-order valence-corrected chi connectivity index (χ0v) is 19.4. The number of ether oxygens (including phenoxy) is 2. The quantitative estimate of drug-likeness (QED) is 0.392. The van der Waals surface area contributed by atoms with Crippen LogP contribution in [0.3, 0.4) is 0 Å². The third kappa shape index (κ3) is 4.58. The predicted octanol–water partition coefficient (Wildman–Crippen LogP) is 5.04. The van der Waals surface area contributed by atoms with E-state index in [1.54, 1.807) is 0 Å². The zero-order valence-electron chi connectivity index (χ0n) is 19.4. The summed E-state index contributed by atoms with van der Waals surface area (Å²) in [6, 6.07) is 24.4. The van der Waals surface area contributed by atoms with Crippen molar-refractivity contribution in [3.8, 4) is 16.9 Å². The number of nitrogens with one attached hydrogen (secondary N) is 2. The van der Waals surface area contributed by atoms with Gasteiger partial charge >= 0.3 is 0 Å². The van der Waals surface area contributed by atoms with Gasteiger partial charge in [-0.2, -0.15) is 0 Å². The van der Waals surface area contributed by atoms with Crippen molar-refractivity contribution in [1.29, 1.82) is 0 Å². The number of morpholine rings is 1. The lowest BCUT2D eigenvalue weighted by Crippen LogP contribution is -2.38. The molecule has 6 rings (SSSR count). The van der Waals surface area contributed by atoms with Crippen molar-refractivity contribution in [2.75, 3.05) is 44.8 Å². The van der Waals surface area contributed by atoms with Gasteiger partial charge in [0.05, 0.1) is 18.8 Å². The number of fused-ring (bicyclic) bond motifs is 2. The molecule has 3 aromatic carbocycles. The van der Waals surface area contributed by atoms with E-state index in [9.17, 15) is 4.79 Å². The van der Waals surface area contributed by atoms with Crippen LogP contribution < -0.4 is 10.1 Å². The van der Waals surface area contributed by atoms with Gasteiger partial charge in [0.15, 0.2) is 0 Å². The number of H-pyrrole nitrogens is 1. The first-order valence-corrected chi connectivity index (χ1v) is 12.0. The van der Waals surface area contributed by atoms with Crippen LogP contribution in [0.4, 0.5) is 5.69 Å². The van der Waals surface area contributed by atoms with E-state index >= 15 is 0 Å². The highest BCUT2D eigenvalue weighted by atomic mass is 16.5. The van der Waals surface area contributed by atoms with Gasteiger partial charge in [-0.05, 0) is 47.5 Å². The van der Waals surface area contributed by atoms with Gasteiger partial charge in [-0.15, -0.1) is 0 Å². The maximum absolute atomic E-state index is 12.8. The van der Waals surface area contributed by atoms with Crippen molar-refractivity contribution < 1.29 is 14.3 Å². The van der Waals surface area contributed by atoms with E-state index in [1.807, 2.05) is 54.6 Å². The minimum Gasteiger partial charge on any atom is -0.492 e. The summed E-state index contributed by atoms with van der Waals surface area (Å²) >= 11 is 0. The van der Waals surface area contributed by atoms with E-state index in [0.29, 0.717) is 12.2 Å². The number of aromatic amines is 1. The van der Waals surface area contributed by atoms with Crippen molar-refractivity contribution >= 4 is 34.1 Å². The third-order valence-electron chi connectivity index (χ3n) is 6.60. The van der Waals surface area contributed by atoms with Gasteiger partial charge in [0, 0.05) is 47.5 Å². The van der Waals surface area contributed by atoms with E-state index in [4.69, 9.17) is 9.47 Å². The highest BCUT2D eigenvalue weighted by Gasteiger charge is 2.24. The molecule has 3 heterocycles. The molecule has 0 radical (unpaired) electrons. The number of amides is 1. The molecule has 0 atom stereocenters. The summed E-state index contributed by atoms with van der Waals surface area (Å²) in [5.41, 5.74) is 6.52. The Morgan fingerprint density at radius 3 is 2.66 bits per heavy atom. The summed E-state index contributed by atoms with van der Waals surface area (Å²) in [6.07, 6.45) is 1.92. The van der Waals surface area contributed by atoms with E-state index < -0.39 is 0 Å². The Morgan fingerprint density at radius 1 is 0.943 bits per heavy atom. The first-order valence-electron chi connectivity index (χ1n) is 12.0. The van der Waals surface area contributed by atoms with Crippen LogP contribution >= 0.6 is 0 Å².